The van der Waals surface area contributed by atoms with Crippen LogP contribution in [0.2, 0.25) is 0 Å². The average Bonchev–Trinajstić information content (AvgIpc) is 2.45. The second-order valence-electron chi connectivity index (χ2n) is 6.80. The lowest BCUT2D eigenvalue weighted by Gasteiger charge is -2.34. The smallest absolute Gasteiger partial charge is 0.226 e. The zero-order valence-corrected chi connectivity index (χ0v) is 15.3. The van der Waals surface area contributed by atoms with Crippen molar-refractivity contribution in [2.75, 3.05) is 11.9 Å². The molecule has 0 aliphatic rings. The predicted octanol–water partition coefficient (Wildman–Crippen LogP) is 3.79. The third kappa shape index (κ3) is 5.38. The minimum atomic E-state index is -0.276. The number of para-hydroxylation sites is 1. The first kappa shape index (κ1) is 19.2. The standard InChI is InChI=1S/C19H30N2O2/c1-7-15-10-9-11-16(8-2)18(15)20-17(23)12-13-21(14(3)22)19(4,5)6/h9-11H,7-8,12-13H2,1-6H3,(H,20,23). The van der Waals surface area contributed by atoms with Crippen molar-refractivity contribution < 1.29 is 9.59 Å². The third-order valence-corrected chi connectivity index (χ3v) is 4.02. The molecule has 0 fully saturated rings. The fraction of sp³-hybridized carbons (Fsp3) is 0.579. The van der Waals surface area contributed by atoms with E-state index in [0.29, 0.717) is 13.0 Å². The van der Waals surface area contributed by atoms with Gasteiger partial charge in [0.15, 0.2) is 0 Å². The van der Waals surface area contributed by atoms with Crippen molar-refractivity contribution in [2.45, 2.75) is 66.3 Å². The second kappa shape index (κ2) is 8.14. The van der Waals surface area contributed by atoms with Crippen LogP contribution >= 0.6 is 0 Å². The van der Waals surface area contributed by atoms with E-state index in [1.54, 1.807) is 11.8 Å². The third-order valence-electron chi connectivity index (χ3n) is 4.02. The Hall–Kier alpha value is -1.84. The summed E-state index contributed by atoms with van der Waals surface area (Å²) in [7, 11) is 0. The fourth-order valence-electron chi connectivity index (χ4n) is 2.78. The van der Waals surface area contributed by atoms with Crippen molar-refractivity contribution in [3.05, 3.63) is 29.3 Å². The highest BCUT2D eigenvalue weighted by Gasteiger charge is 2.24. The number of carbonyl (C=O) groups excluding carboxylic acids is 2. The Morgan fingerprint density at radius 3 is 2.00 bits per heavy atom. The summed E-state index contributed by atoms with van der Waals surface area (Å²) >= 11 is 0. The van der Waals surface area contributed by atoms with Gasteiger partial charge in [-0.1, -0.05) is 32.0 Å². The SMILES string of the molecule is CCc1cccc(CC)c1NC(=O)CCN(C(C)=O)C(C)(C)C. The number of aryl methyl sites for hydroxylation is 2. The molecule has 128 valence electrons. The van der Waals surface area contributed by atoms with Crippen LogP contribution in [0.4, 0.5) is 5.69 Å². The first-order valence-electron chi connectivity index (χ1n) is 8.39. The molecule has 1 N–H and O–H groups in total. The number of carbonyl (C=O) groups is 2. The molecule has 1 aromatic carbocycles. The van der Waals surface area contributed by atoms with Gasteiger partial charge >= 0.3 is 0 Å². The molecule has 4 nitrogen and oxygen atoms in total. The predicted molar refractivity (Wildman–Crippen MR) is 95.6 cm³/mol. The average molecular weight is 318 g/mol. The Morgan fingerprint density at radius 2 is 1.61 bits per heavy atom. The molecule has 0 atom stereocenters. The molecular formula is C19H30N2O2. The molecule has 0 aromatic heterocycles. The van der Waals surface area contributed by atoms with Crippen molar-refractivity contribution in [1.29, 1.82) is 0 Å². The van der Waals surface area contributed by atoms with Gasteiger partial charge in [-0.3, -0.25) is 9.59 Å². The number of anilines is 1. The summed E-state index contributed by atoms with van der Waals surface area (Å²) in [5.41, 5.74) is 2.96. The first-order valence-corrected chi connectivity index (χ1v) is 8.39. The van der Waals surface area contributed by atoms with E-state index in [4.69, 9.17) is 0 Å². The Kier molecular flexibility index (Phi) is 6.79. The topological polar surface area (TPSA) is 49.4 Å². The number of rotatable bonds is 6. The van der Waals surface area contributed by atoms with Gasteiger partial charge in [-0.05, 0) is 44.7 Å². The molecule has 0 heterocycles. The highest BCUT2D eigenvalue weighted by molar-refractivity contribution is 5.92. The molecule has 1 aromatic rings. The molecule has 0 aliphatic carbocycles. The van der Waals surface area contributed by atoms with E-state index >= 15 is 0 Å². The minimum absolute atomic E-state index is 0.00601. The Labute approximate surface area is 140 Å². The molecule has 0 saturated carbocycles. The van der Waals surface area contributed by atoms with E-state index in [9.17, 15) is 9.59 Å². The molecule has 0 radical (unpaired) electrons. The highest BCUT2D eigenvalue weighted by Crippen LogP contribution is 2.23. The molecule has 4 heteroatoms. The summed E-state index contributed by atoms with van der Waals surface area (Å²) in [6.45, 7) is 12.1. The lowest BCUT2D eigenvalue weighted by Crippen LogP contribution is -2.45. The van der Waals surface area contributed by atoms with Gasteiger partial charge in [0.1, 0.15) is 0 Å². The first-order chi connectivity index (χ1) is 10.7. The molecular weight excluding hydrogens is 288 g/mol. The summed E-state index contributed by atoms with van der Waals surface area (Å²) in [6, 6.07) is 6.13. The number of amides is 2. The lowest BCUT2D eigenvalue weighted by molar-refractivity contribution is -0.134. The number of hydrogen-bond acceptors (Lipinski definition) is 2. The van der Waals surface area contributed by atoms with Gasteiger partial charge in [0, 0.05) is 31.1 Å². The van der Waals surface area contributed by atoms with E-state index < -0.39 is 0 Å². The number of nitrogens with zero attached hydrogens (tertiary/aromatic N) is 1. The van der Waals surface area contributed by atoms with Crippen molar-refractivity contribution in [1.82, 2.24) is 4.90 Å². The Bertz CT molecular complexity index is 537. The van der Waals surface area contributed by atoms with Gasteiger partial charge in [0.25, 0.3) is 0 Å². The summed E-state index contributed by atoms with van der Waals surface area (Å²) in [4.78, 5) is 25.8. The molecule has 0 aliphatic heterocycles. The fourth-order valence-corrected chi connectivity index (χ4v) is 2.78. The van der Waals surface area contributed by atoms with Gasteiger partial charge in [-0.2, -0.15) is 0 Å². The van der Waals surface area contributed by atoms with E-state index in [2.05, 4.69) is 19.2 Å². The van der Waals surface area contributed by atoms with Gasteiger partial charge in [-0.15, -0.1) is 0 Å². The van der Waals surface area contributed by atoms with Crippen LogP contribution in [0.1, 0.15) is 59.1 Å². The molecule has 2 amide bonds. The quantitative estimate of drug-likeness (QED) is 0.867. The lowest BCUT2D eigenvalue weighted by atomic mass is 10.0. The van der Waals surface area contributed by atoms with E-state index in [0.717, 1.165) is 29.7 Å². The van der Waals surface area contributed by atoms with Crippen LogP contribution in [0, 0.1) is 0 Å². The van der Waals surface area contributed by atoms with Crippen LogP contribution in [0.15, 0.2) is 18.2 Å². The maximum Gasteiger partial charge on any atom is 0.226 e. The van der Waals surface area contributed by atoms with Crippen LogP contribution in [0.25, 0.3) is 0 Å². The van der Waals surface area contributed by atoms with Crippen LogP contribution in [-0.2, 0) is 22.4 Å². The maximum atomic E-state index is 12.4. The molecule has 0 unspecified atom stereocenters. The second-order valence-corrected chi connectivity index (χ2v) is 6.80. The summed E-state index contributed by atoms with van der Waals surface area (Å²) < 4.78 is 0. The number of nitrogens with one attached hydrogen (secondary N) is 1. The van der Waals surface area contributed by atoms with Crippen LogP contribution in [0.5, 0.6) is 0 Å². The molecule has 0 spiro atoms. The highest BCUT2D eigenvalue weighted by atomic mass is 16.2. The van der Waals surface area contributed by atoms with Gasteiger partial charge in [-0.25, -0.2) is 0 Å². The van der Waals surface area contributed by atoms with Gasteiger partial charge < -0.3 is 10.2 Å². The van der Waals surface area contributed by atoms with Crippen LogP contribution in [0.3, 0.4) is 0 Å². The Morgan fingerprint density at radius 1 is 1.09 bits per heavy atom. The number of benzene rings is 1. The monoisotopic (exact) mass is 318 g/mol. The molecule has 1 rings (SSSR count). The summed E-state index contributed by atoms with van der Waals surface area (Å²) in [5, 5.41) is 3.05. The number of hydrogen-bond donors (Lipinski definition) is 1. The van der Waals surface area contributed by atoms with Crippen molar-refractivity contribution in [3.63, 3.8) is 0 Å². The van der Waals surface area contributed by atoms with Crippen LogP contribution < -0.4 is 5.32 Å². The maximum absolute atomic E-state index is 12.4. The van der Waals surface area contributed by atoms with Crippen LogP contribution in [-0.4, -0.2) is 28.8 Å². The van der Waals surface area contributed by atoms with Gasteiger partial charge in [0.05, 0.1) is 0 Å². The normalized spacial score (nSPS) is 11.2. The molecule has 23 heavy (non-hydrogen) atoms. The van der Waals surface area contributed by atoms with Gasteiger partial charge in [0.2, 0.25) is 11.8 Å². The minimum Gasteiger partial charge on any atom is -0.338 e. The Balaban J connectivity index is 2.80. The largest absolute Gasteiger partial charge is 0.338 e. The summed E-state index contributed by atoms with van der Waals surface area (Å²) in [6.07, 6.45) is 2.06. The van der Waals surface area contributed by atoms with Crippen molar-refractivity contribution in [2.24, 2.45) is 0 Å². The van der Waals surface area contributed by atoms with Crippen molar-refractivity contribution >= 4 is 17.5 Å². The zero-order chi connectivity index (χ0) is 17.6. The molecule has 0 bridgehead atoms. The van der Waals surface area contributed by atoms with E-state index in [1.807, 2.05) is 39.0 Å². The summed E-state index contributed by atoms with van der Waals surface area (Å²) in [5.74, 6) is -0.0513. The molecule has 0 saturated heterocycles. The van der Waals surface area contributed by atoms with E-state index in [1.165, 1.54) is 0 Å². The van der Waals surface area contributed by atoms with Crippen molar-refractivity contribution in [3.8, 4) is 0 Å². The van der Waals surface area contributed by atoms with E-state index in [-0.39, 0.29) is 17.4 Å². The zero-order valence-electron chi connectivity index (χ0n) is 15.3.